The predicted molar refractivity (Wildman–Crippen MR) is 94.7 cm³/mol. The Hall–Kier alpha value is -2.40. The fourth-order valence-corrected chi connectivity index (χ4v) is 2.89. The van der Waals surface area contributed by atoms with E-state index in [1.54, 1.807) is 0 Å². The molecule has 0 bridgehead atoms. The molecule has 5 heteroatoms. The molecule has 2 aromatic carbocycles. The van der Waals surface area contributed by atoms with Gasteiger partial charge in [0.1, 0.15) is 11.9 Å². The van der Waals surface area contributed by atoms with E-state index in [0.29, 0.717) is 6.42 Å². The largest absolute Gasteiger partial charge is 0.484 e. The molecule has 3 aromatic rings. The van der Waals surface area contributed by atoms with Crippen LogP contribution in [0.4, 0.5) is 0 Å². The Balaban J connectivity index is 2.22. The number of ether oxygens (including phenoxy) is 1. The van der Waals surface area contributed by atoms with Gasteiger partial charge in [0.15, 0.2) is 0 Å². The van der Waals surface area contributed by atoms with E-state index >= 15 is 0 Å². The van der Waals surface area contributed by atoms with Crippen molar-refractivity contribution < 1.29 is 14.3 Å². The number of rotatable bonds is 7. The Kier molecular flexibility index (Phi) is 2.84. The summed E-state index contributed by atoms with van der Waals surface area (Å²) in [7, 11) is 1.51. The maximum atomic E-state index is 10.7. The van der Waals surface area contributed by atoms with Crippen LogP contribution in [0.2, 0.25) is 0 Å². The molecule has 0 N–H and O–H groups in total. The molecule has 4 nitrogen and oxygen atoms in total. The zero-order chi connectivity index (χ0) is 22.2. The number of hydrogen-bond acceptors (Lipinski definition) is 4. The van der Waals surface area contributed by atoms with Crippen LogP contribution in [0.5, 0.6) is 5.75 Å². The topological polar surface area (TPSA) is 41.9 Å². The van der Waals surface area contributed by atoms with Crippen LogP contribution in [0.25, 0.3) is 10.8 Å². The third-order valence-corrected chi connectivity index (χ3v) is 4.22. The van der Waals surface area contributed by atoms with Gasteiger partial charge in [0, 0.05) is 30.3 Å². The van der Waals surface area contributed by atoms with E-state index in [0.717, 1.165) is 4.88 Å². The van der Waals surface area contributed by atoms with Crippen molar-refractivity contribution in [3.8, 4) is 5.75 Å². The zero-order valence-electron chi connectivity index (χ0n) is 19.3. The Labute approximate surface area is 149 Å². The molecule has 1 atom stereocenters. The standard InChI is InChI=1S/C18H18N2O2S/c1-20(19-21)12-11-17(18-10-5-13-23-18)22-16-9-4-7-14-6-2-3-8-15(14)16/h2-10,13,17H,11-12H2,1H3/t17-/m0/s1/i2D,3D,4D,6D,7D,8D,9D. The van der Waals surface area contributed by atoms with Gasteiger partial charge in [-0.15, -0.1) is 16.2 Å². The van der Waals surface area contributed by atoms with Crippen LogP contribution in [0, 0.1) is 4.91 Å². The van der Waals surface area contributed by atoms with Crippen LogP contribution < -0.4 is 4.74 Å². The summed E-state index contributed by atoms with van der Waals surface area (Å²) in [5.74, 6) is -0.182. The SMILES string of the molecule is [2H]c1c([2H])c([2H])c2c(O[C@@H](CCN(C)N=O)c3cccs3)c([2H])c([2H])c([2H])c2c1[2H]. The van der Waals surface area contributed by atoms with Gasteiger partial charge in [0.25, 0.3) is 0 Å². The molecule has 0 aliphatic carbocycles. The fraction of sp³-hybridized carbons (Fsp3) is 0.222. The fourth-order valence-electron chi connectivity index (χ4n) is 2.10. The Bertz CT molecular complexity index is 1100. The Morgan fingerprint density at radius 2 is 2.13 bits per heavy atom. The van der Waals surface area contributed by atoms with Crippen LogP contribution in [-0.4, -0.2) is 18.6 Å². The van der Waals surface area contributed by atoms with Gasteiger partial charge in [-0.1, -0.05) is 42.3 Å². The molecule has 1 aromatic heterocycles. The van der Waals surface area contributed by atoms with Crippen molar-refractivity contribution in [2.75, 3.05) is 13.6 Å². The molecule has 0 spiro atoms. The van der Waals surface area contributed by atoms with Crippen molar-refractivity contribution in [1.29, 1.82) is 0 Å². The highest BCUT2D eigenvalue weighted by atomic mass is 32.1. The van der Waals surface area contributed by atoms with E-state index in [2.05, 4.69) is 5.29 Å². The first-order valence-corrected chi connectivity index (χ1v) is 7.81. The minimum Gasteiger partial charge on any atom is -0.484 e. The summed E-state index contributed by atoms with van der Waals surface area (Å²) < 4.78 is 62.9. The van der Waals surface area contributed by atoms with Crippen molar-refractivity contribution in [3.63, 3.8) is 0 Å². The first-order valence-electron chi connectivity index (χ1n) is 10.4. The van der Waals surface area contributed by atoms with Gasteiger partial charge in [-0.25, -0.2) is 0 Å². The molecule has 0 saturated heterocycles. The molecule has 23 heavy (non-hydrogen) atoms. The number of nitroso groups, excluding NO2 is 1. The molecule has 118 valence electrons. The predicted octanol–water partition coefficient (Wildman–Crippen LogP) is 5.02. The lowest BCUT2D eigenvalue weighted by Crippen LogP contribution is -2.17. The second-order valence-electron chi connectivity index (χ2n) is 4.83. The second-order valence-corrected chi connectivity index (χ2v) is 5.81. The highest BCUT2D eigenvalue weighted by Gasteiger charge is 2.17. The lowest BCUT2D eigenvalue weighted by molar-refractivity contribution is 0.179. The molecular weight excluding hydrogens is 308 g/mol. The molecule has 0 aliphatic rings. The van der Waals surface area contributed by atoms with Gasteiger partial charge in [-0.05, 0) is 22.9 Å². The van der Waals surface area contributed by atoms with Gasteiger partial charge < -0.3 is 4.74 Å². The number of hydrogen-bond donors (Lipinski definition) is 0. The third-order valence-electron chi connectivity index (χ3n) is 3.25. The van der Waals surface area contributed by atoms with Crippen LogP contribution in [0.3, 0.4) is 0 Å². The van der Waals surface area contributed by atoms with Gasteiger partial charge >= 0.3 is 0 Å². The minimum atomic E-state index is -0.643. The summed E-state index contributed by atoms with van der Waals surface area (Å²) in [6.07, 6.45) is -0.332. The average Bonchev–Trinajstić information content (AvgIpc) is 3.27. The zero-order valence-corrected chi connectivity index (χ0v) is 13.2. The summed E-state index contributed by atoms with van der Waals surface area (Å²) >= 11 is 1.39. The van der Waals surface area contributed by atoms with Crippen molar-refractivity contribution >= 4 is 22.1 Å². The number of nitrogens with zero attached hydrogens (tertiary/aromatic N) is 2. The highest BCUT2D eigenvalue weighted by molar-refractivity contribution is 7.10. The third kappa shape index (κ3) is 3.68. The number of fused-ring (bicyclic) bond motifs is 1. The average molecular weight is 333 g/mol. The van der Waals surface area contributed by atoms with E-state index in [9.17, 15) is 4.91 Å². The van der Waals surface area contributed by atoms with Crippen LogP contribution >= 0.6 is 11.3 Å². The van der Waals surface area contributed by atoms with Gasteiger partial charge in [0.05, 0.1) is 14.9 Å². The summed E-state index contributed by atoms with van der Waals surface area (Å²) in [5.41, 5.74) is 0. The van der Waals surface area contributed by atoms with E-state index < -0.39 is 48.4 Å². The van der Waals surface area contributed by atoms with E-state index in [-0.39, 0.29) is 23.1 Å². The normalized spacial score (nSPS) is 16.3. The first-order chi connectivity index (χ1) is 14.2. The maximum Gasteiger partial charge on any atom is 0.135 e. The Morgan fingerprint density at radius 1 is 1.30 bits per heavy atom. The van der Waals surface area contributed by atoms with E-state index in [1.165, 1.54) is 23.4 Å². The van der Waals surface area contributed by atoms with Crippen molar-refractivity contribution in [2.24, 2.45) is 5.29 Å². The quantitative estimate of drug-likeness (QED) is 0.450. The van der Waals surface area contributed by atoms with Gasteiger partial charge in [-0.3, -0.25) is 5.01 Å². The first kappa shape index (κ1) is 9.03. The van der Waals surface area contributed by atoms with Gasteiger partial charge in [-0.2, -0.15) is 0 Å². The van der Waals surface area contributed by atoms with Crippen LogP contribution in [-0.2, 0) is 0 Å². The lowest BCUT2D eigenvalue weighted by Gasteiger charge is -2.20. The minimum absolute atomic E-state index is 0.101. The summed E-state index contributed by atoms with van der Waals surface area (Å²) in [6, 6.07) is 0.348. The molecule has 3 rings (SSSR count). The molecule has 0 unspecified atom stereocenters. The van der Waals surface area contributed by atoms with Crippen molar-refractivity contribution in [1.82, 2.24) is 5.01 Å². The molecule has 0 radical (unpaired) electrons. The van der Waals surface area contributed by atoms with Crippen molar-refractivity contribution in [3.05, 3.63) is 69.6 Å². The van der Waals surface area contributed by atoms with Crippen molar-refractivity contribution in [2.45, 2.75) is 12.5 Å². The molecule has 0 amide bonds. The summed E-state index contributed by atoms with van der Waals surface area (Å²) in [5, 5.41) is 5.60. The van der Waals surface area contributed by atoms with E-state index in [4.69, 9.17) is 14.3 Å². The summed E-state index contributed by atoms with van der Waals surface area (Å²) in [6.45, 7) is 0.250. The highest BCUT2D eigenvalue weighted by Crippen LogP contribution is 2.32. The molecule has 0 fully saturated rings. The maximum absolute atomic E-state index is 10.7. The lowest BCUT2D eigenvalue weighted by atomic mass is 10.1. The molecular formula is C18H18N2O2S. The molecule has 0 saturated carbocycles. The van der Waals surface area contributed by atoms with Crippen LogP contribution in [0.15, 0.2) is 65.1 Å². The van der Waals surface area contributed by atoms with E-state index in [1.807, 2.05) is 17.5 Å². The summed E-state index contributed by atoms with van der Waals surface area (Å²) in [4.78, 5) is 11.5. The smallest absolute Gasteiger partial charge is 0.135 e. The molecule has 0 aliphatic heterocycles. The molecule has 1 heterocycles. The second kappa shape index (κ2) is 7.24. The number of thiophene rings is 1. The van der Waals surface area contributed by atoms with Gasteiger partial charge in [0.2, 0.25) is 0 Å². The van der Waals surface area contributed by atoms with Crippen LogP contribution in [0.1, 0.15) is 27.0 Å². The Morgan fingerprint density at radius 3 is 2.91 bits per heavy atom. The number of benzene rings is 2. The monoisotopic (exact) mass is 333 g/mol.